The number of allylic oxidation sites excluding steroid dienone is 1. The van der Waals surface area contributed by atoms with Crippen LogP contribution in [0.15, 0.2) is 11.6 Å². The molecular weight excluding hydrogens is 178 g/mol. The lowest BCUT2D eigenvalue weighted by Crippen LogP contribution is -2.29. The molecule has 1 aliphatic rings. The van der Waals surface area contributed by atoms with Gasteiger partial charge in [0, 0.05) is 0 Å². The number of carbonyl (C=O) groups is 1. The fourth-order valence-corrected chi connectivity index (χ4v) is 1.85. The van der Waals surface area contributed by atoms with Gasteiger partial charge in [0.15, 0.2) is 0 Å². The van der Waals surface area contributed by atoms with Gasteiger partial charge in [-0.1, -0.05) is 19.9 Å². The molecule has 0 aromatic carbocycles. The second-order valence-corrected chi connectivity index (χ2v) is 4.35. The molecule has 0 fully saturated rings. The van der Waals surface area contributed by atoms with E-state index in [0.29, 0.717) is 11.8 Å². The van der Waals surface area contributed by atoms with Gasteiger partial charge >= 0.3 is 6.09 Å². The van der Waals surface area contributed by atoms with Gasteiger partial charge in [-0.3, -0.25) is 0 Å². The first kappa shape index (κ1) is 11.1. The molecule has 80 valence electrons. The lowest BCUT2D eigenvalue weighted by Gasteiger charge is -2.30. The Balaban J connectivity index is 2.62. The quantitative estimate of drug-likeness (QED) is 0.691. The average molecular weight is 197 g/mol. The summed E-state index contributed by atoms with van der Waals surface area (Å²) in [5.74, 6) is 1.22. The van der Waals surface area contributed by atoms with Gasteiger partial charge in [-0.15, -0.1) is 0 Å². The maximum absolute atomic E-state index is 10.7. The Morgan fingerprint density at radius 2 is 2.29 bits per heavy atom. The molecule has 3 nitrogen and oxygen atoms in total. The van der Waals surface area contributed by atoms with Crippen molar-refractivity contribution in [3.05, 3.63) is 11.6 Å². The van der Waals surface area contributed by atoms with E-state index in [0.717, 1.165) is 18.4 Å². The molecule has 0 aromatic heterocycles. The van der Waals surface area contributed by atoms with Crippen molar-refractivity contribution in [1.82, 2.24) is 0 Å². The van der Waals surface area contributed by atoms with Crippen molar-refractivity contribution >= 4 is 6.09 Å². The second-order valence-electron chi connectivity index (χ2n) is 4.35. The molecule has 0 unspecified atom stereocenters. The summed E-state index contributed by atoms with van der Waals surface area (Å²) in [7, 11) is 0. The number of ether oxygens (including phenoxy) is 1. The van der Waals surface area contributed by atoms with Gasteiger partial charge < -0.3 is 10.5 Å². The fraction of sp³-hybridized carbons (Fsp3) is 0.727. The summed E-state index contributed by atoms with van der Waals surface area (Å²) >= 11 is 0. The van der Waals surface area contributed by atoms with E-state index < -0.39 is 6.09 Å². The molecule has 14 heavy (non-hydrogen) atoms. The van der Waals surface area contributed by atoms with E-state index in [1.165, 1.54) is 0 Å². The van der Waals surface area contributed by atoms with Crippen LogP contribution in [0.5, 0.6) is 0 Å². The molecule has 3 heteroatoms. The lowest BCUT2D eigenvalue weighted by molar-refractivity contribution is 0.0981. The smallest absolute Gasteiger partial charge is 0.405 e. The van der Waals surface area contributed by atoms with E-state index in [1.807, 2.05) is 6.92 Å². The van der Waals surface area contributed by atoms with Crippen LogP contribution in [0.3, 0.4) is 0 Å². The Morgan fingerprint density at radius 3 is 2.79 bits per heavy atom. The van der Waals surface area contributed by atoms with E-state index >= 15 is 0 Å². The average Bonchev–Trinajstić information content (AvgIpc) is 2.07. The van der Waals surface area contributed by atoms with Crippen molar-refractivity contribution < 1.29 is 9.53 Å². The maximum Gasteiger partial charge on any atom is 0.405 e. The van der Waals surface area contributed by atoms with Crippen molar-refractivity contribution in [2.45, 2.75) is 39.7 Å². The molecule has 1 rings (SSSR count). The van der Waals surface area contributed by atoms with E-state index in [9.17, 15) is 4.79 Å². The van der Waals surface area contributed by atoms with E-state index in [1.54, 1.807) is 0 Å². The highest BCUT2D eigenvalue weighted by Gasteiger charge is 2.26. The van der Waals surface area contributed by atoms with E-state index in [2.05, 4.69) is 19.9 Å². The van der Waals surface area contributed by atoms with Crippen LogP contribution in [-0.2, 0) is 4.74 Å². The molecule has 0 aliphatic heterocycles. The number of nitrogens with two attached hydrogens (primary N) is 1. The van der Waals surface area contributed by atoms with E-state index in [4.69, 9.17) is 10.5 Å². The Hall–Kier alpha value is -0.990. The number of carbonyl (C=O) groups excluding carboxylic acids is 1. The minimum absolute atomic E-state index is 0.103. The van der Waals surface area contributed by atoms with Gasteiger partial charge in [0.2, 0.25) is 0 Å². The molecular formula is C11H19NO2. The minimum atomic E-state index is -0.674. The zero-order valence-corrected chi connectivity index (χ0v) is 9.12. The molecule has 0 bridgehead atoms. The minimum Gasteiger partial charge on any atom is -0.442 e. The molecule has 1 amide bonds. The monoisotopic (exact) mass is 197 g/mol. The Kier molecular flexibility index (Phi) is 3.55. The van der Waals surface area contributed by atoms with Gasteiger partial charge in [0.25, 0.3) is 0 Å². The Morgan fingerprint density at radius 1 is 1.64 bits per heavy atom. The molecule has 0 saturated carbocycles. The zero-order valence-electron chi connectivity index (χ0n) is 9.12. The SMILES string of the molecule is CC1=CC[C@@H](C(C)C)C[C@H]1OC(N)=O. The van der Waals surface area contributed by atoms with Crippen LogP contribution in [0.2, 0.25) is 0 Å². The molecule has 0 heterocycles. The second kappa shape index (κ2) is 4.49. The molecule has 0 aromatic rings. The third kappa shape index (κ3) is 2.76. The third-order valence-corrected chi connectivity index (χ3v) is 2.97. The summed E-state index contributed by atoms with van der Waals surface area (Å²) in [5, 5.41) is 0. The van der Waals surface area contributed by atoms with Crippen LogP contribution in [0.1, 0.15) is 33.6 Å². The van der Waals surface area contributed by atoms with Gasteiger partial charge in [0.05, 0.1) is 0 Å². The highest BCUT2D eigenvalue weighted by Crippen LogP contribution is 2.30. The van der Waals surface area contributed by atoms with E-state index in [-0.39, 0.29) is 6.10 Å². The standard InChI is InChI=1S/C11H19NO2/c1-7(2)9-5-4-8(3)10(6-9)14-11(12)13/h4,7,9-10H,5-6H2,1-3H3,(H2,12,13)/t9-,10-/m1/s1. The van der Waals surface area contributed by atoms with Crippen molar-refractivity contribution in [3.8, 4) is 0 Å². The van der Waals surface area contributed by atoms with Crippen LogP contribution < -0.4 is 5.73 Å². The number of hydrogen-bond donors (Lipinski definition) is 1. The molecule has 2 atom stereocenters. The molecule has 1 aliphatic carbocycles. The first-order valence-corrected chi connectivity index (χ1v) is 5.13. The van der Waals surface area contributed by atoms with Gasteiger partial charge in [-0.05, 0) is 37.2 Å². The summed E-state index contributed by atoms with van der Waals surface area (Å²) in [6.45, 7) is 6.38. The predicted molar refractivity (Wildman–Crippen MR) is 55.8 cm³/mol. The van der Waals surface area contributed by atoms with Crippen molar-refractivity contribution in [2.75, 3.05) is 0 Å². The third-order valence-electron chi connectivity index (χ3n) is 2.97. The largest absolute Gasteiger partial charge is 0.442 e. The lowest BCUT2D eigenvalue weighted by atomic mass is 9.81. The summed E-state index contributed by atoms with van der Waals surface area (Å²) in [4.78, 5) is 10.7. The summed E-state index contributed by atoms with van der Waals surface area (Å²) in [6, 6.07) is 0. The summed E-state index contributed by atoms with van der Waals surface area (Å²) in [6.07, 6.45) is 3.37. The number of rotatable bonds is 2. The van der Waals surface area contributed by atoms with Crippen LogP contribution >= 0.6 is 0 Å². The number of primary amides is 1. The molecule has 0 saturated heterocycles. The first-order chi connectivity index (χ1) is 6.50. The fourth-order valence-electron chi connectivity index (χ4n) is 1.85. The zero-order chi connectivity index (χ0) is 10.7. The van der Waals surface area contributed by atoms with Crippen molar-refractivity contribution in [3.63, 3.8) is 0 Å². The summed E-state index contributed by atoms with van der Waals surface area (Å²) in [5.41, 5.74) is 6.14. The van der Waals surface area contributed by atoms with Crippen LogP contribution in [0, 0.1) is 11.8 Å². The first-order valence-electron chi connectivity index (χ1n) is 5.13. The van der Waals surface area contributed by atoms with Crippen molar-refractivity contribution in [2.24, 2.45) is 17.6 Å². The normalized spacial score (nSPS) is 27.3. The Labute approximate surface area is 85.3 Å². The molecule has 0 spiro atoms. The molecule has 2 N–H and O–H groups in total. The van der Waals surface area contributed by atoms with Crippen molar-refractivity contribution in [1.29, 1.82) is 0 Å². The highest BCUT2D eigenvalue weighted by atomic mass is 16.6. The number of amides is 1. The van der Waals surface area contributed by atoms with Gasteiger partial charge in [-0.25, -0.2) is 4.79 Å². The highest BCUT2D eigenvalue weighted by molar-refractivity contribution is 5.65. The van der Waals surface area contributed by atoms with Gasteiger partial charge in [-0.2, -0.15) is 0 Å². The molecule has 0 radical (unpaired) electrons. The maximum atomic E-state index is 10.7. The topological polar surface area (TPSA) is 52.3 Å². The van der Waals surface area contributed by atoms with Crippen LogP contribution in [0.4, 0.5) is 4.79 Å². The van der Waals surface area contributed by atoms with Crippen LogP contribution in [0.25, 0.3) is 0 Å². The number of hydrogen-bond acceptors (Lipinski definition) is 2. The van der Waals surface area contributed by atoms with Gasteiger partial charge in [0.1, 0.15) is 6.10 Å². The predicted octanol–water partition coefficient (Wildman–Crippen LogP) is 2.46. The Bertz CT molecular complexity index is 246. The summed E-state index contributed by atoms with van der Waals surface area (Å²) < 4.78 is 5.05. The van der Waals surface area contributed by atoms with Crippen LogP contribution in [-0.4, -0.2) is 12.2 Å².